The molecule has 1 aliphatic heterocycles. The van der Waals surface area contributed by atoms with Crippen LogP contribution in [0.1, 0.15) is 6.92 Å². The number of hydrogen-bond donors (Lipinski definition) is 1. The first kappa shape index (κ1) is 6.13. The Morgan fingerprint density at radius 2 is 2.22 bits per heavy atom. The van der Waals surface area contributed by atoms with Crippen molar-refractivity contribution >= 4 is 5.97 Å². The van der Waals surface area contributed by atoms with E-state index in [0.717, 1.165) is 13.1 Å². The second kappa shape index (κ2) is 2.09. The molecule has 9 heavy (non-hydrogen) atoms. The van der Waals surface area contributed by atoms with Crippen LogP contribution in [-0.4, -0.2) is 29.1 Å². The highest BCUT2D eigenvalue weighted by atomic mass is 16.4. The molecule has 0 bridgehead atoms. The van der Waals surface area contributed by atoms with Gasteiger partial charge in [-0.25, -0.2) is 4.79 Å². The van der Waals surface area contributed by atoms with Crippen LogP contribution < -0.4 is 0 Å². The summed E-state index contributed by atoms with van der Waals surface area (Å²) in [5.41, 5.74) is 0.410. The topological polar surface area (TPSA) is 40.3 Å². The summed E-state index contributed by atoms with van der Waals surface area (Å²) in [5.74, 6) is -0.832. The zero-order chi connectivity index (χ0) is 6.85. The third kappa shape index (κ3) is 1.76. The first-order chi connectivity index (χ1) is 4.20. The molecule has 0 aliphatic carbocycles. The van der Waals surface area contributed by atoms with Gasteiger partial charge in [0.1, 0.15) is 0 Å². The van der Waals surface area contributed by atoms with Crippen LogP contribution in [0.4, 0.5) is 0 Å². The van der Waals surface area contributed by atoms with Gasteiger partial charge in [0.25, 0.3) is 0 Å². The highest BCUT2D eigenvalue weighted by molar-refractivity contribution is 5.85. The third-order valence-corrected chi connectivity index (χ3v) is 1.20. The standard InChI is InChI=1S/C6H9NO2/c1-5(6(8)9)4-7-2-3-7/h4H,2-3H2,1H3,(H,8,9). The quantitative estimate of drug-likeness (QED) is 0.428. The molecule has 1 rings (SSSR count). The molecular weight excluding hydrogens is 118 g/mol. The monoisotopic (exact) mass is 127 g/mol. The molecule has 1 aliphatic rings. The van der Waals surface area contributed by atoms with Crippen LogP contribution >= 0.6 is 0 Å². The number of nitrogens with zero attached hydrogens (tertiary/aromatic N) is 1. The van der Waals surface area contributed by atoms with Gasteiger partial charge < -0.3 is 10.0 Å². The van der Waals surface area contributed by atoms with Gasteiger partial charge >= 0.3 is 5.97 Å². The Morgan fingerprint density at radius 1 is 1.67 bits per heavy atom. The van der Waals surface area contributed by atoms with E-state index in [0.29, 0.717) is 5.57 Å². The van der Waals surface area contributed by atoms with E-state index in [1.807, 2.05) is 4.90 Å². The van der Waals surface area contributed by atoms with Crippen LogP contribution in [-0.2, 0) is 4.79 Å². The Labute approximate surface area is 53.6 Å². The van der Waals surface area contributed by atoms with Crippen molar-refractivity contribution in [3.05, 3.63) is 11.8 Å². The van der Waals surface area contributed by atoms with Gasteiger partial charge in [-0.3, -0.25) is 0 Å². The average molecular weight is 127 g/mol. The fraction of sp³-hybridized carbons (Fsp3) is 0.500. The molecule has 0 saturated carbocycles. The second-order valence-electron chi connectivity index (χ2n) is 2.15. The molecule has 0 spiro atoms. The Morgan fingerprint density at radius 3 is 2.56 bits per heavy atom. The van der Waals surface area contributed by atoms with Crippen molar-refractivity contribution in [1.29, 1.82) is 0 Å². The smallest absolute Gasteiger partial charge is 0.332 e. The van der Waals surface area contributed by atoms with Crippen LogP contribution in [0, 0.1) is 0 Å². The van der Waals surface area contributed by atoms with Crippen molar-refractivity contribution in [2.45, 2.75) is 6.92 Å². The number of hydrogen-bond acceptors (Lipinski definition) is 2. The zero-order valence-corrected chi connectivity index (χ0v) is 5.29. The Kier molecular flexibility index (Phi) is 1.42. The summed E-state index contributed by atoms with van der Waals surface area (Å²) >= 11 is 0. The maximum atomic E-state index is 10.2. The van der Waals surface area contributed by atoms with Crippen LogP contribution in [0.3, 0.4) is 0 Å². The lowest BCUT2D eigenvalue weighted by Gasteiger charge is -1.92. The minimum atomic E-state index is -0.832. The second-order valence-corrected chi connectivity index (χ2v) is 2.15. The molecule has 0 aromatic rings. The van der Waals surface area contributed by atoms with Gasteiger partial charge in [-0.1, -0.05) is 0 Å². The molecule has 0 aromatic carbocycles. The number of aliphatic carboxylic acids is 1. The fourth-order valence-electron chi connectivity index (χ4n) is 0.516. The summed E-state index contributed by atoms with van der Waals surface area (Å²) in [7, 11) is 0. The van der Waals surface area contributed by atoms with E-state index in [-0.39, 0.29) is 0 Å². The Hall–Kier alpha value is -0.990. The minimum absolute atomic E-state index is 0.410. The predicted octanol–water partition coefficient (Wildman–Crippen LogP) is 0.290. The number of carboxylic acids is 1. The summed E-state index contributed by atoms with van der Waals surface area (Å²) in [6.45, 7) is 3.61. The average Bonchev–Trinajstić information content (AvgIpc) is 2.50. The first-order valence-electron chi connectivity index (χ1n) is 2.86. The molecule has 3 nitrogen and oxygen atoms in total. The lowest BCUT2D eigenvalue weighted by molar-refractivity contribution is -0.132. The van der Waals surface area contributed by atoms with E-state index < -0.39 is 5.97 Å². The van der Waals surface area contributed by atoms with Crippen molar-refractivity contribution in [1.82, 2.24) is 4.90 Å². The van der Waals surface area contributed by atoms with E-state index >= 15 is 0 Å². The van der Waals surface area contributed by atoms with Crippen LogP contribution in [0.5, 0.6) is 0 Å². The third-order valence-electron chi connectivity index (χ3n) is 1.20. The highest BCUT2D eigenvalue weighted by Crippen LogP contribution is 2.06. The molecule has 3 heteroatoms. The molecule has 1 N–H and O–H groups in total. The number of carbonyl (C=O) groups is 1. The molecule has 1 heterocycles. The largest absolute Gasteiger partial charge is 0.478 e. The van der Waals surface area contributed by atoms with Crippen molar-refractivity contribution < 1.29 is 9.90 Å². The summed E-state index contributed by atoms with van der Waals surface area (Å²) in [4.78, 5) is 12.1. The van der Waals surface area contributed by atoms with Crippen LogP contribution in [0.25, 0.3) is 0 Å². The highest BCUT2D eigenvalue weighted by Gasteiger charge is 2.13. The van der Waals surface area contributed by atoms with Gasteiger partial charge in [0.15, 0.2) is 0 Å². The molecule has 50 valence electrons. The summed E-state index contributed by atoms with van der Waals surface area (Å²) in [6.07, 6.45) is 1.67. The SMILES string of the molecule is CC(=CN1CC1)C(=O)O. The first-order valence-corrected chi connectivity index (χ1v) is 2.86. The normalized spacial score (nSPS) is 17.9. The predicted molar refractivity (Wildman–Crippen MR) is 33.0 cm³/mol. The summed E-state index contributed by atoms with van der Waals surface area (Å²) < 4.78 is 0. The fourth-order valence-corrected chi connectivity index (χ4v) is 0.516. The van der Waals surface area contributed by atoms with E-state index in [2.05, 4.69) is 0 Å². The van der Waals surface area contributed by atoms with Crippen molar-refractivity contribution in [3.63, 3.8) is 0 Å². The maximum absolute atomic E-state index is 10.2. The van der Waals surface area contributed by atoms with Crippen molar-refractivity contribution in [2.24, 2.45) is 0 Å². The van der Waals surface area contributed by atoms with Crippen LogP contribution in [0.2, 0.25) is 0 Å². The van der Waals surface area contributed by atoms with E-state index in [1.54, 1.807) is 13.1 Å². The Balaban J connectivity index is 2.46. The molecule has 1 fully saturated rings. The summed E-state index contributed by atoms with van der Waals surface area (Å²) in [5, 5.41) is 8.36. The van der Waals surface area contributed by atoms with Gasteiger partial charge in [0.2, 0.25) is 0 Å². The Bertz CT molecular complexity index is 158. The summed E-state index contributed by atoms with van der Waals surface area (Å²) in [6, 6.07) is 0. The molecule has 0 amide bonds. The molecule has 0 atom stereocenters. The van der Waals surface area contributed by atoms with Gasteiger partial charge in [0.05, 0.1) is 0 Å². The molecule has 1 saturated heterocycles. The lowest BCUT2D eigenvalue weighted by atomic mass is 10.3. The van der Waals surface area contributed by atoms with Crippen molar-refractivity contribution in [3.8, 4) is 0 Å². The molecule has 0 unspecified atom stereocenters. The zero-order valence-electron chi connectivity index (χ0n) is 5.29. The van der Waals surface area contributed by atoms with Gasteiger partial charge in [0, 0.05) is 24.9 Å². The van der Waals surface area contributed by atoms with Crippen LogP contribution in [0.15, 0.2) is 11.8 Å². The molecule has 0 radical (unpaired) electrons. The minimum Gasteiger partial charge on any atom is -0.478 e. The van der Waals surface area contributed by atoms with E-state index in [1.165, 1.54) is 0 Å². The number of carboxylic acid groups (broad SMARTS) is 1. The van der Waals surface area contributed by atoms with Gasteiger partial charge in [-0.2, -0.15) is 0 Å². The van der Waals surface area contributed by atoms with E-state index in [9.17, 15) is 4.79 Å². The van der Waals surface area contributed by atoms with Crippen molar-refractivity contribution in [2.75, 3.05) is 13.1 Å². The van der Waals surface area contributed by atoms with Gasteiger partial charge in [-0.05, 0) is 6.92 Å². The lowest BCUT2D eigenvalue weighted by Crippen LogP contribution is -1.98. The molecule has 0 aromatic heterocycles. The number of rotatable bonds is 2. The molecular formula is C6H9NO2. The maximum Gasteiger partial charge on any atom is 0.332 e. The van der Waals surface area contributed by atoms with Gasteiger partial charge in [-0.15, -0.1) is 0 Å². The van der Waals surface area contributed by atoms with E-state index in [4.69, 9.17) is 5.11 Å².